The van der Waals surface area contributed by atoms with E-state index in [0.717, 1.165) is 42.0 Å². The molecule has 1 atom stereocenters. The molecule has 4 rings (SSSR count). The number of hydrogen-bond acceptors (Lipinski definition) is 4. The molecule has 0 bridgehead atoms. The van der Waals surface area contributed by atoms with Crippen molar-refractivity contribution in [3.63, 3.8) is 0 Å². The van der Waals surface area contributed by atoms with Crippen LogP contribution in [0.5, 0.6) is 0 Å². The minimum atomic E-state index is -3.90. The average Bonchev–Trinajstić information content (AvgIpc) is 2.84. The fourth-order valence-corrected chi connectivity index (χ4v) is 5.70. The van der Waals surface area contributed by atoms with E-state index in [9.17, 15) is 13.2 Å². The summed E-state index contributed by atoms with van der Waals surface area (Å²) in [6, 6.07) is 21.2. The zero-order valence-corrected chi connectivity index (χ0v) is 19.4. The Kier molecular flexibility index (Phi) is 7.42. The molecule has 0 radical (unpaired) electrons. The van der Waals surface area contributed by atoms with Crippen molar-refractivity contribution < 1.29 is 13.2 Å². The quantitative estimate of drug-likeness (QED) is 0.475. The molecule has 1 amide bonds. The zero-order valence-electron chi connectivity index (χ0n) is 18.6. The van der Waals surface area contributed by atoms with Gasteiger partial charge in [0.25, 0.3) is 0 Å². The van der Waals surface area contributed by atoms with Crippen LogP contribution in [0.1, 0.15) is 31.2 Å². The maximum Gasteiger partial charge on any atom is 0.241 e. The molecule has 6 nitrogen and oxygen atoms in total. The van der Waals surface area contributed by atoms with Gasteiger partial charge in [-0.2, -0.15) is 4.72 Å². The molecule has 0 spiro atoms. The average molecular weight is 466 g/mol. The lowest BCUT2D eigenvalue weighted by Gasteiger charge is -2.29. The standard InChI is InChI=1S/C26H31N3O3S/c27-18-20-10-13-23(14-11-20)28-26(30)25(16-19-6-2-1-3-7-19)29-33(31,32)24-15-12-21-8-4-5-9-22(21)17-24/h1-9,12,15,17,20,23,25,29H,10-11,13-14,16,18,27H2,(H,28,30)/t20?,23?,25-/m0/s1. The topological polar surface area (TPSA) is 101 Å². The molecule has 4 N–H and O–H groups in total. The van der Waals surface area contributed by atoms with E-state index in [-0.39, 0.29) is 23.3 Å². The molecule has 0 unspecified atom stereocenters. The predicted octanol–water partition coefficient (Wildman–Crippen LogP) is 3.36. The number of rotatable bonds is 8. The SMILES string of the molecule is NCC1CCC(NC(=O)[C@H](Cc2ccccc2)NS(=O)(=O)c2ccc3ccccc3c2)CC1. The van der Waals surface area contributed by atoms with Crippen molar-refractivity contribution in [1.82, 2.24) is 10.0 Å². The lowest BCUT2D eigenvalue weighted by atomic mass is 9.86. The molecular formula is C26H31N3O3S. The fourth-order valence-electron chi connectivity index (χ4n) is 4.47. The van der Waals surface area contributed by atoms with Gasteiger partial charge in [0.1, 0.15) is 6.04 Å². The number of hydrogen-bond donors (Lipinski definition) is 3. The van der Waals surface area contributed by atoms with Gasteiger partial charge in [0.05, 0.1) is 4.90 Å². The Balaban J connectivity index is 1.53. The highest BCUT2D eigenvalue weighted by atomic mass is 32.2. The first-order valence-corrected chi connectivity index (χ1v) is 13.0. The van der Waals surface area contributed by atoms with E-state index in [4.69, 9.17) is 5.73 Å². The van der Waals surface area contributed by atoms with Gasteiger partial charge in [-0.3, -0.25) is 4.79 Å². The van der Waals surface area contributed by atoms with Gasteiger partial charge in [-0.25, -0.2) is 8.42 Å². The number of carbonyl (C=O) groups excluding carboxylic acids is 1. The monoisotopic (exact) mass is 465 g/mol. The maximum absolute atomic E-state index is 13.2. The number of carbonyl (C=O) groups is 1. The van der Waals surface area contributed by atoms with Gasteiger partial charge < -0.3 is 11.1 Å². The Labute approximate surface area is 195 Å². The summed E-state index contributed by atoms with van der Waals surface area (Å²) in [7, 11) is -3.90. The van der Waals surface area contributed by atoms with Crippen molar-refractivity contribution in [2.45, 2.75) is 49.1 Å². The van der Waals surface area contributed by atoms with Crippen molar-refractivity contribution in [2.75, 3.05) is 6.54 Å². The van der Waals surface area contributed by atoms with Crippen molar-refractivity contribution in [2.24, 2.45) is 11.7 Å². The van der Waals surface area contributed by atoms with Crippen LogP contribution in [-0.2, 0) is 21.2 Å². The first kappa shape index (κ1) is 23.4. The van der Waals surface area contributed by atoms with Gasteiger partial charge in [0, 0.05) is 6.04 Å². The molecule has 33 heavy (non-hydrogen) atoms. The van der Waals surface area contributed by atoms with Crippen LogP contribution in [0.3, 0.4) is 0 Å². The van der Waals surface area contributed by atoms with Crippen LogP contribution < -0.4 is 15.8 Å². The van der Waals surface area contributed by atoms with Gasteiger partial charge in [-0.1, -0.05) is 60.7 Å². The van der Waals surface area contributed by atoms with Crippen LogP contribution in [0.25, 0.3) is 10.8 Å². The molecule has 0 aromatic heterocycles. The number of nitrogens with two attached hydrogens (primary N) is 1. The van der Waals surface area contributed by atoms with Crippen LogP contribution in [0.15, 0.2) is 77.7 Å². The van der Waals surface area contributed by atoms with E-state index < -0.39 is 16.1 Å². The smallest absolute Gasteiger partial charge is 0.241 e. The number of benzene rings is 3. The van der Waals surface area contributed by atoms with Gasteiger partial charge in [0.2, 0.25) is 15.9 Å². The molecule has 3 aromatic carbocycles. The van der Waals surface area contributed by atoms with E-state index in [1.54, 1.807) is 18.2 Å². The summed E-state index contributed by atoms with van der Waals surface area (Å²) in [4.78, 5) is 13.4. The van der Waals surface area contributed by atoms with Gasteiger partial charge in [-0.15, -0.1) is 0 Å². The number of fused-ring (bicyclic) bond motifs is 1. The van der Waals surface area contributed by atoms with Gasteiger partial charge in [-0.05, 0) is 73.0 Å². The summed E-state index contributed by atoms with van der Waals surface area (Å²) in [5.41, 5.74) is 6.67. The molecule has 1 aliphatic rings. The highest BCUT2D eigenvalue weighted by Crippen LogP contribution is 2.24. The molecule has 174 valence electrons. The van der Waals surface area contributed by atoms with Crippen LogP contribution in [-0.4, -0.2) is 33.0 Å². The molecule has 0 saturated heterocycles. The second-order valence-electron chi connectivity index (χ2n) is 8.83. The summed E-state index contributed by atoms with van der Waals surface area (Å²) in [5.74, 6) is 0.212. The lowest BCUT2D eigenvalue weighted by Crippen LogP contribution is -2.51. The Morgan fingerprint density at radius 1 is 0.909 bits per heavy atom. The second kappa shape index (κ2) is 10.5. The lowest BCUT2D eigenvalue weighted by molar-refractivity contribution is -0.123. The summed E-state index contributed by atoms with van der Waals surface area (Å²) < 4.78 is 29.2. The van der Waals surface area contributed by atoms with E-state index in [2.05, 4.69) is 10.0 Å². The Hall–Kier alpha value is -2.74. The summed E-state index contributed by atoms with van der Waals surface area (Å²) in [6.45, 7) is 0.669. The molecule has 1 aliphatic carbocycles. The van der Waals surface area contributed by atoms with E-state index in [1.807, 2.05) is 54.6 Å². The first-order valence-electron chi connectivity index (χ1n) is 11.5. The van der Waals surface area contributed by atoms with Crippen molar-refractivity contribution in [1.29, 1.82) is 0 Å². The third-order valence-corrected chi connectivity index (χ3v) is 7.92. The van der Waals surface area contributed by atoms with Crippen LogP contribution in [0, 0.1) is 5.92 Å². The second-order valence-corrected chi connectivity index (χ2v) is 10.5. The summed E-state index contributed by atoms with van der Waals surface area (Å²) in [6.07, 6.45) is 3.96. The van der Waals surface area contributed by atoms with Gasteiger partial charge in [0.15, 0.2) is 0 Å². The van der Waals surface area contributed by atoms with E-state index >= 15 is 0 Å². The third-order valence-electron chi connectivity index (χ3n) is 6.45. The number of nitrogens with one attached hydrogen (secondary N) is 2. The molecule has 1 saturated carbocycles. The summed E-state index contributed by atoms with van der Waals surface area (Å²) in [5, 5.41) is 4.88. The van der Waals surface area contributed by atoms with Crippen LogP contribution >= 0.6 is 0 Å². The van der Waals surface area contributed by atoms with Crippen LogP contribution in [0.4, 0.5) is 0 Å². The molecule has 3 aromatic rings. The zero-order chi connectivity index (χ0) is 23.3. The largest absolute Gasteiger partial charge is 0.352 e. The highest BCUT2D eigenvalue weighted by molar-refractivity contribution is 7.89. The molecule has 1 fully saturated rings. The first-order chi connectivity index (χ1) is 15.9. The minimum Gasteiger partial charge on any atom is -0.352 e. The Bertz CT molecular complexity index is 1190. The van der Waals surface area contributed by atoms with E-state index in [1.165, 1.54) is 0 Å². The number of amides is 1. The third kappa shape index (κ3) is 5.99. The summed E-state index contributed by atoms with van der Waals surface area (Å²) >= 11 is 0. The minimum absolute atomic E-state index is 0.0451. The normalized spacial score (nSPS) is 19.8. The molecule has 7 heteroatoms. The van der Waals surface area contributed by atoms with Crippen LogP contribution in [0.2, 0.25) is 0 Å². The van der Waals surface area contributed by atoms with Crippen molar-refractivity contribution >= 4 is 26.7 Å². The molecule has 0 heterocycles. The predicted molar refractivity (Wildman–Crippen MR) is 131 cm³/mol. The van der Waals surface area contributed by atoms with E-state index in [0.29, 0.717) is 12.5 Å². The Morgan fingerprint density at radius 2 is 1.58 bits per heavy atom. The van der Waals surface area contributed by atoms with Crippen molar-refractivity contribution in [3.05, 3.63) is 78.4 Å². The Morgan fingerprint density at radius 3 is 2.27 bits per heavy atom. The van der Waals surface area contributed by atoms with Crippen molar-refractivity contribution in [3.8, 4) is 0 Å². The molecule has 0 aliphatic heterocycles. The maximum atomic E-state index is 13.2. The molecular weight excluding hydrogens is 434 g/mol. The highest BCUT2D eigenvalue weighted by Gasteiger charge is 2.29. The fraction of sp³-hybridized carbons (Fsp3) is 0.346. The van der Waals surface area contributed by atoms with Gasteiger partial charge >= 0.3 is 0 Å². The number of sulfonamides is 1.